The number of nitrogens with zero attached hydrogens (tertiary/aromatic N) is 3. The van der Waals surface area contributed by atoms with Crippen molar-refractivity contribution in [3.63, 3.8) is 0 Å². The molecule has 0 saturated carbocycles. The Balaban J connectivity index is 1.55. The van der Waals surface area contributed by atoms with Gasteiger partial charge < -0.3 is 24.0 Å². The van der Waals surface area contributed by atoms with Gasteiger partial charge in [0.15, 0.2) is 0 Å². The monoisotopic (exact) mass is 496 g/mol. The van der Waals surface area contributed by atoms with E-state index < -0.39 is 0 Å². The van der Waals surface area contributed by atoms with Gasteiger partial charge in [-0.15, -0.1) is 0 Å². The van der Waals surface area contributed by atoms with Gasteiger partial charge in [0.1, 0.15) is 18.1 Å². The van der Waals surface area contributed by atoms with Crippen LogP contribution < -0.4 is 25.6 Å². The first kappa shape index (κ1) is 23.5. The minimum Gasteiger partial charge on any atom is -0.497 e. The van der Waals surface area contributed by atoms with Gasteiger partial charge in [0.2, 0.25) is 0 Å². The molecule has 1 atom stereocenters. The summed E-state index contributed by atoms with van der Waals surface area (Å²) in [5, 5.41) is 5.08. The maximum absolute atomic E-state index is 13.7. The van der Waals surface area contributed by atoms with Crippen LogP contribution in [0.2, 0.25) is 5.02 Å². The van der Waals surface area contributed by atoms with Gasteiger partial charge >= 0.3 is 0 Å². The Morgan fingerprint density at radius 3 is 2.80 bits per heavy atom. The normalized spacial score (nSPS) is 18.2. The number of hydrogen-bond donors (Lipinski definition) is 1. The number of methoxy groups -OCH3 is 1. The van der Waals surface area contributed by atoms with E-state index in [2.05, 4.69) is 21.9 Å². The van der Waals surface area contributed by atoms with Gasteiger partial charge in [0.25, 0.3) is 5.56 Å². The second kappa shape index (κ2) is 10.2. The van der Waals surface area contributed by atoms with Gasteiger partial charge in [-0.25, -0.2) is 4.68 Å². The molecule has 1 saturated heterocycles. The minimum absolute atomic E-state index is 0.0419. The van der Waals surface area contributed by atoms with E-state index in [4.69, 9.17) is 25.8 Å². The molecule has 184 valence electrons. The number of morpholine rings is 1. The molecule has 0 bridgehead atoms. The van der Waals surface area contributed by atoms with E-state index in [1.165, 1.54) is 4.68 Å². The number of H-pyrrole nitrogens is 1. The van der Waals surface area contributed by atoms with Crippen molar-refractivity contribution in [3.05, 3.63) is 74.5 Å². The zero-order valence-corrected chi connectivity index (χ0v) is 20.6. The predicted molar refractivity (Wildman–Crippen MR) is 136 cm³/mol. The summed E-state index contributed by atoms with van der Waals surface area (Å²) >= 11 is 6.41. The molecule has 2 aliphatic heterocycles. The summed E-state index contributed by atoms with van der Waals surface area (Å²) in [6, 6.07) is 14.7. The van der Waals surface area contributed by atoms with Gasteiger partial charge in [0.05, 0.1) is 46.8 Å². The van der Waals surface area contributed by atoms with E-state index in [1.54, 1.807) is 13.2 Å². The average molecular weight is 497 g/mol. The number of fused-ring (bicyclic) bond motifs is 1. The Morgan fingerprint density at radius 2 is 2.00 bits per heavy atom. The van der Waals surface area contributed by atoms with Crippen molar-refractivity contribution in [2.24, 2.45) is 0 Å². The van der Waals surface area contributed by atoms with Crippen LogP contribution in [-0.2, 0) is 4.74 Å². The number of hydrogen-bond acceptors (Lipinski definition) is 6. The lowest BCUT2D eigenvalue weighted by atomic mass is 10.1. The van der Waals surface area contributed by atoms with E-state index in [9.17, 15) is 4.79 Å². The topological polar surface area (TPSA) is 72.0 Å². The second-order valence-corrected chi connectivity index (χ2v) is 9.18. The van der Waals surface area contributed by atoms with Crippen LogP contribution in [0.4, 0.5) is 0 Å². The van der Waals surface area contributed by atoms with Crippen LogP contribution in [0.25, 0.3) is 17.5 Å². The summed E-state index contributed by atoms with van der Waals surface area (Å²) in [5.41, 5.74) is 1.26. The third-order valence-corrected chi connectivity index (χ3v) is 6.70. The highest BCUT2D eigenvalue weighted by atomic mass is 35.5. The van der Waals surface area contributed by atoms with Crippen molar-refractivity contribution < 1.29 is 14.2 Å². The zero-order chi connectivity index (χ0) is 24.4. The molecule has 5 rings (SSSR count). The largest absolute Gasteiger partial charge is 0.497 e. The van der Waals surface area contributed by atoms with Crippen LogP contribution in [0.1, 0.15) is 0 Å². The summed E-state index contributed by atoms with van der Waals surface area (Å²) < 4.78 is 19.0. The summed E-state index contributed by atoms with van der Waals surface area (Å²) in [7, 11) is 3.72. The van der Waals surface area contributed by atoms with E-state index >= 15 is 0 Å². The lowest BCUT2D eigenvalue weighted by molar-refractivity contribution is -0.0284. The molecule has 0 aliphatic carbocycles. The average Bonchev–Trinajstić information content (AvgIpc) is 3.20. The van der Waals surface area contributed by atoms with E-state index in [-0.39, 0.29) is 18.3 Å². The number of aromatic amines is 1. The molecule has 0 spiro atoms. The van der Waals surface area contributed by atoms with E-state index in [0.29, 0.717) is 47.1 Å². The van der Waals surface area contributed by atoms with Crippen LogP contribution in [-0.4, -0.2) is 79.2 Å². The van der Waals surface area contributed by atoms with Gasteiger partial charge in [-0.1, -0.05) is 29.8 Å². The van der Waals surface area contributed by atoms with Crippen LogP contribution in [0, 0.1) is 0 Å². The molecule has 2 aliphatic rings. The third-order valence-electron chi connectivity index (χ3n) is 6.38. The number of ether oxygens (including phenoxy) is 3. The SMILES string of the molecule is COc1cccc(OCC2=c3c([nH]n(-c4ccccc4Cl)c3=O)=CCN2CC2CN(C)CCO2)c1. The molecule has 0 amide bonds. The molecule has 9 heteroatoms. The fraction of sp³-hybridized carbons (Fsp3) is 0.346. The number of aromatic nitrogens is 2. The van der Waals surface area contributed by atoms with Gasteiger partial charge in [0, 0.05) is 32.2 Å². The first-order valence-corrected chi connectivity index (χ1v) is 12.0. The Morgan fingerprint density at radius 1 is 1.17 bits per heavy atom. The van der Waals surface area contributed by atoms with Crippen LogP contribution in [0.15, 0.2) is 53.3 Å². The molecule has 0 radical (unpaired) electrons. The van der Waals surface area contributed by atoms with E-state index in [1.807, 2.05) is 48.5 Å². The number of rotatable bonds is 7. The number of likely N-dealkylation sites (N-methyl/N-ethyl adjacent to an activating group) is 1. The Hall–Kier alpha value is -3.20. The predicted octanol–water partition coefficient (Wildman–Crippen LogP) is 1.44. The lowest BCUT2D eigenvalue weighted by Gasteiger charge is -2.36. The zero-order valence-electron chi connectivity index (χ0n) is 19.9. The standard InChI is InChI=1S/C26H29ClN4O4/c1-29-12-13-34-20(15-29)16-30-11-10-22-25(24(30)17-35-19-7-5-6-18(14-19)33-2)26(32)31(28-22)23-9-4-3-8-21(23)27/h3-10,14,20,28H,11-13,15-17H2,1-2H3. The number of benzene rings is 2. The fourth-order valence-corrected chi connectivity index (χ4v) is 4.79. The van der Waals surface area contributed by atoms with Gasteiger partial charge in [-0.05, 0) is 37.4 Å². The highest BCUT2D eigenvalue weighted by Crippen LogP contribution is 2.21. The smallest absolute Gasteiger partial charge is 0.281 e. The number of para-hydroxylation sites is 1. The Labute approximate surface area is 208 Å². The number of halogens is 1. The lowest BCUT2D eigenvalue weighted by Crippen LogP contribution is -2.51. The molecular weight excluding hydrogens is 468 g/mol. The molecule has 1 fully saturated rings. The highest BCUT2D eigenvalue weighted by molar-refractivity contribution is 6.32. The maximum Gasteiger partial charge on any atom is 0.281 e. The van der Waals surface area contributed by atoms with Gasteiger partial charge in [-0.3, -0.25) is 9.89 Å². The first-order chi connectivity index (χ1) is 17.0. The molecular formula is C26H29ClN4O4. The summed E-state index contributed by atoms with van der Waals surface area (Å²) in [5.74, 6) is 1.38. The summed E-state index contributed by atoms with van der Waals surface area (Å²) in [4.78, 5) is 18.1. The molecule has 35 heavy (non-hydrogen) atoms. The summed E-state index contributed by atoms with van der Waals surface area (Å²) in [6.07, 6.45) is 2.08. The van der Waals surface area contributed by atoms with Crippen LogP contribution >= 0.6 is 11.6 Å². The quantitative estimate of drug-likeness (QED) is 0.534. The molecule has 1 N–H and O–H groups in total. The maximum atomic E-state index is 13.7. The van der Waals surface area contributed by atoms with Crippen molar-refractivity contribution in [1.29, 1.82) is 0 Å². The summed E-state index contributed by atoms with van der Waals surface area (Å²) in [6.45, 7) is 3.98. The Kier molecular flexibility index (Phi) is 6.86. The highest BCUT2D eigenvalue weighted by Gasteiger charge is 2.25. The molecule has 1 aromatic heterocycles. The number of nitrogens with one attached hydrogen (secondary N) is 1. The van der Waals surface area contributed by atoms with Gasteiger partial charge in [-0.2, -0.15) is 0 Å². The molecule has 3 aromatic rings. The van der Waals surface area contributed by atoms with Crippen molar-refractivity contribution in [3.8, 4) is 17.2 Å². The van der Waals surface area contributed by atoms with E-state index in [0.717, 1.165) is 24.1 Å². The third kappa shape index (κ3) is 4.96. The van der Waals surface area contributed by atoms with Crippen LogP contribution in [0.5, 0.6) is 11.5 Å². The second-order valence-electron chi connectivity index (χ2n) is 8.77. The first-order valence-electron chi connectivity index (χ1n) is 11.6. The van der Waals surface area contributed by atoms with Crippen molar-refractivity contribution in [1.82, 2.24) is 19.6 Å². The van der Waals surface area contributed by atoms with Crippen molar-refractivity contribution in [2.75, 3.05) is 53.6 Å². The van der Waals surface area contributed by atoms with Crippen molar-refractivity contribution in [2.45, 2.75) is 6.10 Å². The van der Waals surface area contributed by atoms with Crippen molar-refractivity contribution >= 4 is 23.4 Å². The minimum atomic E-state index is -0.167. The molecule has 3 heterocycles. The van der Waals surface area contributed by atoms with Crippen LogP contribution in [0.3, 0.4) is 0 Å². The molecule has 8 nitrogen and oxygen atoms in total. The molecule has 1 unspecified atom stereocenters. The fourth-order valence-electron chi connectivity index (χ4n) is 4.57. The molecule has 2 aromatic carbocycles. The Bertz CT molecular complexity index is 1380.